The van der Waals surface area contributed by atoms with Gasteiger partial charge in [0.25, 0.3) is 0 Å². The number of nitrogens with one attached hydrogen (secondary N) is 2. The van der Waals surface area contributed by atoms with Crippen LogP contribution in [0.2, 0.25) is 0 Å². The molecule has 2 N–H and O–H groups in total. The van der Waals surface area contributed by atoms with Crippen molar-refractivity contribution in [1.29, 1.82) is 0 Å². The summed E-state index contributed by atoms with van der Waals surface area (Å²) >= 11 is 0. The van der Waals surface area contributed by atoms with Gasteiger partial charge in [0.05, 0.1) is 6.67 Å². The van der Waals surface area contributed by atoms with E-state index in [4.69, 9.17) is 0 Å². The van der Waals surface area contributed by atoms with Gasteiger partial charge in [-0.1, -0.05) is 12.2 Å². The van der Waals surface area contributed by atoms with Crippen molar-refractivity contribution in [3.05, 3.63) is 36.7 Å². The molecule has 0 aliphatic carbocycles. The second-order valence-electron chi connectivity index (χ2n) is 1.69. The summed E-state index contributed by atoms with van der Waals surface area (Å²) in [6, 6.07) is 0. The Balaban J connectivity index is 2.45. The Morgan fingerprint density at radius 3 is 1.89 bits per heavy atom. The highest BCUT2D eigenvalue weighted by Crippen LogP contribution is 1.78. The molecule has 1 rings (SSSR count). The first-order chi connectivity index (χ1) is 4.50. The highest BCUT2D eigenvalue weighted by Gasteiger charge is 1.73. The SMILES string of the molecule is C1=C\C=C/NCN\C=C/1. The zero-order chi connectivity index (χ0) is 6.36. The van der Waals surface area contributed by atoms with Gasteiger partial charge >= 0.3 is 0 Å². The molecule has 0 aromatic rings. The lowest BCUT2D eigenvalue weighted by Gasteiger charge is -1.96. The number of hydrogen-bond acceptors (Lipinski definition) is 2. The molecule has 9 heavy (non-hydrogen) atoms. The van der Waals surface area contributed by atoms with Crippen LogP contribution in [0.1, 0.15) is 0 Å². The summed E-state index contributed by atoms with van der Waals surface area (Å²) in [6.07, 6.45) is 11.6. The second kappa shape index (κ2) is 3.78. The average molecular weight is 122 g/mol. The van der Waals surface area contributed by atoms with Gasteiger partial charge in [-0.05, 0) is 24.6 Å². The van der Waals surface area contributed by atoms with E-state index in [0.29, 0.717) is 0 Å². The van der Waals surface area contributed by atoms with Gasteiger partial charge in [-0.3, -0.25) is 0 Å². The molecule has 0 radical (unpaired) electrons. The molecular weight excluding hydrogens is 112 g/mol. The van der Waals surface area contributed by atoms with E-state index in [2.05, 4.69) is 10.6 Å². The first-order valence-electron chi connectivity index (χ1n) is 2.95. The van der Waals surface area contributed by atoms with Crippen LogP contribution in [0.3, 0.4) is 0 Å². The Morgan fingerprint density at radius 2 is 1.33 bits per heavy atom. The van der Waals surface area contributed by atoms with Crippen LogP contribution in [0.5, 0.6) is 0 Å². The predicted octanol–water partition coefficient (Wildman–Crippen LogP) is 0.720. The van der Waals surface area contributed by atoms with E-state index in [0.717, 1.165) is 6.67 Å². The molecule has 1 heterocycles. The lowest BCUT2D eigenvalue weighted by Crippen LogP contribution is -2.19. The van der Waals surface area contributed by atoms with Crippen molar-refractivity contribution < 1.29 is 0 Å². The molecule has 0 unspecified atom stereocenters. The summed E-state index contributed by atoms with van der Waals surface area (Å²) in [6.45, 7) is 0.786. The fourth-order valence-corrected chi connectivity index (χ4v) is 0.552. The normalized spacial score (nSPS) is 27.6. The van der Waals surface area contributed by atoms with Crippen LogP contribution in [0.4, 0.5) is 0 Å². The molecule has 0 amide bonds. The average Bonchev–Trinajstić information content (AvgIpc) is 2.00. The Hall–Kier alpha value is -1.18. The van der Waals surface area contributed by atoms with Crippen LogP contribution in [0, 0.1) is 0 Å². The smallest absolute Gasteiger partial charge is 0.0840 e. The summed E-state index contributed by atoms with van der Waals surface area (Å²) in [5.41, 5.74) is 0. The summed E-state index contributed by atoms with van der Waals surface area (Å²) in [4.78, 5) is 0. The minimum atomic E-state index is 0.786. The van der Waals surface area contributed by atoms with Crippen LogP contribution in [-0.2, 0) is 0 Å². The highest BCUT2D eigenvalue weighted by atomic mass is 15.0. The van der Waals surface area contributed by atoms with Crippen LogP contribution < -0.4 is 10.6 Å². The van der Waals surface area contributed by atoms with E-state index in [-0.39, 0.29) is 0 Å². The van der Waals surface area contributed by atoms with Gasteiger partial charge in [-0.15, -0.1) is 0 Å². The van der Waals surface area contributed by atoms with Crippen LogP contribution in [0.25, 0.3) is 0 Å². The number of allylic oxidation sites excluding steroid dienone is 4. The zero-order valence-electron chi connectivity index (χ0n) is 5.17. The van der Waals surface area contributed by atoms with Crippen LogP contribution in [0.15, 0.2) is 36.7 Å². The highest BCUT2D eigenvalue weighted by molar-refractivity contribution is 5.11. The molecular formula is C7H10N2. The third-order valence-corrected chi connectivity index (χ3v) is 0.966. The van der Waals surface area contributed by atoms with Crippen molar-refractivity contribution in [3.63, 3.8) is 0 Å². The maximum atomic E-state index is 3.03. The molecule has 48 valence electrons. The number of rotatable bonds is 0. The first kappa shape index (κ1) is 5.95. The van der Waals surface area contributed by atoms with Gasteiger partial charge in [0.2, 0.25) is 0 Å². The van der Waals surface area contributed by atoms with Gasteiger partial charge in [0.15, 0.2) is 0 Å². The van der Waals surface area contributed by atoms with Gasteiger partial charge in [-0.2, -0.15) is 0 Å². The Morgan fingerprint density at radius 1 is 0.778 bits per heavy atom. The van der Waals surface area contributed by atoms with Crippen LogP contribution >= 0.6 is 0 Å². The third kappa shape index (κ3) is 2.59. The molecule has 0 fully saturated rings. The van der Waals surface area contributed by atoms with E-state index in [1.807, 2.05) is 36.7 Å². The largest absolute Gasteiger partial charge is 0.374 e. The van der Waals surface area contributed by atoms with Gasteiger partial charge in [0.1, 0.15) is 0 Å². The molecule has 0 bridgehead atoms. The van der Waals surface area contributed by atoms with Crippen molar-refractivity contribution in [2.45, 2.75) is 0 Å². The summed E-state index contributed by atoms with van der Waals surface area (Å²) in [7, 11) is 0. The van der Waals surface area contributed by atoms with E-state index < -0.39 is 0 Å². The van der Waals surface area contributed by atoms with Crippen molar-refractivity contribution in [2.75, 3.05) is 6.67 Å². The second-order valence-corrected chi connectivity index (χ2v) is 1.69. The van der Waals surface area contributed by atoms with Crippen molar-refractivity contribution >= 4 is 0 Å². The molecule has 0 saturated heterocycles. The van der Waals surface area contributed by atoms with Crippen molar-refractivity contribution in [2.24, 2.45) is 0 Å². The van der Waals surface area contributed by atoms with E-state index in [1.165, 1.54) is 0 Å². The standard InChI is InChI=1S/C7H10N2/c1-2-4-6-9-7-8-5-3-1/h1-6,8-9H,7H2/b2-1-,5-3-,6-4-. The molecule has 0 saturated carbocycles. The maximum absolute atomic E-state index is 3.03. The monoisotopic (exact) mass is 122 g/mol. The summed E-state index contributed by atoms with van der Waals surface area (Å²) < 4.78 is 0. The molecule has 0 aromatic heterocycles. The minimum Gasteiger partial charge on any atom is -0.374 e. The third-order valence-electron chi connectivity index (χ3n) is 0.966. The Kier molecular flexibility index (Phi) is 2.50. The van der Waals surface area contributed by atoms with E-state index >= 15 is 0 Å². The summed E-state index contributed by atoms with van der Waals surface area (Å²) in [5, 5.41) is 6.07. The van der Waals surface area contributed by atoms with E-state index in [1.54, 1.807) is 0 Å². The van der Waals surface area contributed by atoms with Crippen molar-refractivity contribution in [1.82, 2.24) is 10.6 Å². The topological polar surface area (TPSA) is 24.1 Å². The molecule has 0 atom stereocenters. The molecule has 1 aliphatic heterocycles. The molecule has 2 nitrogen and oxygen atoms in total. The summed E-state index contributed by atoms with van der Waals surface area (Å²) in [5.74, 6) is 0. The zero-order valence-corrected chi connectivity index (χ0v) is 5.17. The quantitative estimate of drug-likeness (QED) is 0.494. The van der Waals surface area contributed by atoms with Gasteiger partial charge < -0.3 is 10.6 Å². The Labute approximate surface area is 55.0 Å². The lowest BCUT2D eigenvalue weighted by atomic mass is 10.5. The van der Waals surface area contributed by atoms with Gasteiger partial charge in [0, 0.05) is 0 Å². The van der Waals surface area contributed by atoms with Gasteiger partial charge in [-0.25, -0.2) is 0 Å². The molecule has 0 aromatic carbocycles. The fraction of sp³-hybridized carbons (Fsp3) is 0.143. The maximum Gasteiger partial charge on any atom is 0.0840 e. The molecule has 0 spiro atoms. The van der Waals surface area contributed by atoms with Crippen LogP contribution in [-0.4, -0.2) is 6.67 Å². The molecule has 1 aliphatic rings. The molecule has 2 heteroatoms. The van der Waals surface area contributed by atoms with E-state index in [9.17, 15) is 0 Å². The first-order valence-corrected chi connectivity index (χ1v) is 2.95. The Bertz CT molecular complexity index is 129. The predicted molar refractivity (Wildman–Crippen MR) is 38.6 cm³/mol. The fourth-order valence-electron chi connectivity index (χ4n) is 0.552. The van der Waals surface area contributed by atoms with Crippen molar-refractivity contribution in [3.8, 4) is 0 Å². The minimum absolute atomic E-state index is 0.786. The lowest BCUT2D eigenvalue weighted by molar-refractivity contribution is 0.771. The number of hydrogen-bond donors (Lipinski definition) is 2.